The number of amidine groups is 2. The predicted octanol–water partition coefficient (Wildman–Crippen LogP) is 6.22. The van der Waals surface area contributed by atoms with E-state index in [0.29, 0.717) is 18.3 Å². The third-order valence-corrected chi connectivity index (χ3v) is 5.22. The van der Waals surface area contributed by atoms with Crippen molar-refractivity contribution in [3.8, 4) is 17.2 Å². The third kappa shape index (κ3) is 5.52. The fourth-order valence-electron chi connectivity index (χ4n) is 3.42. The molecule has 0 amide bonds. The standard InChI is InChI=1S/C27H29N3O3/c1-4-6-17-33-22-13-9-20(10-14-22)27-29-25-18-23(32-5-2)15-16-24(25)28-26(30-27)19-7-11-21(31-3)12-8-19/h7-16,18H,4-6,17H2,1-3H3,(H,28,29,30). The van der Waals surface area contributed by atoms with Crippen molar-refractivity contribution in [1.82, 2.24) is 0 Å². The van der Waals surface area contributed by atoms with Crippen molar-refractivity contribution < 1.29 is 14.2 Å². The number of aliphatic imine (C=N–C) groups is 2. The van der Waals surface area contributed by atoms with E-state index in [1.54, 1.807) is 7.11 Å². The number of nitrogens with zero attached hydrogens (tertiary/aromatic N) is 2. The predicted molar refractivity (Wildman–Crippen MR) is 134 cm³/mol. The first-order valence-corrected chi connectivity index (χ1v) is 11.3. The molecule has 3 aromatic rings. The summed E-state index contributed by atoms with van der Waals surface area (Å²) in [6.07, 6.45) is 2.14. The molecule has 33 heavy (non-hydrogen) atoms. The van der Waals surface area contributed by atoms with Crippen molar-refractivity contribution in [3.63, 3.8) is 0 Å². The summed E-state index contributed by atoms with van der Waals surface area (Å²) < 4.78 is 16.8. The number of nitrogens with one attached hydrogen (secondary N) is 1. The maximum atomic E-state index is 5.81. The van der Waals surface area contributed by atoms with Gasteiger partial charge in [-0.3, -0.25) is 0 Å². The van der Waals surface area contributed by atoms with Crippen molar-refractivity contribution in [2.24, 2.45) is 9.98 Å². The van der Waals surface area contributed by atoms with Gasteiger partial charge in [0.25, 0.3) is 0 Å². The second kappa shape index (κ2) is 10.7. The van der Waals surface area contributed by atoms with E-state index in [2.05, 4.69) is 12.2 Å². The average Bonchev–Trinajstić information content (AvgIpc) is 3.04. The van der Waals surface area contributed by atoms with E-state index in [4.69, 9.17) is 24.2 Å². The van der Waals surface area contributed by atoms with Crippen molar-refractivity contribution in [3.05, 3.63) is 77.9 Å². The summed E-state index contributed by atoms with van der Waals surface area (Å²) in [7, 11) is 1.65. The van der Waals surface area contributed by atoms with Crippen LogP contribution in [0.1, 0.15) is 37.8 Å². The van der Waals surface area contributed by atoms with Crippen LogP contribution in [0, 0.1) is 0 Å². The van der Waals surface area contributed by atoms with Crippen LogP contribution >= 0.6 is 0 Å². The van der Waals surface area contributed by atoms with Crippen LogP contribution in [0.4, 0.5) is 11.4 Å². The Hall–Kier alpha value is -3.80. The van der Waals surface area contributed by atoms with Gasteiger partial charge in [-0.05, 0) is 74.0 Å². The van der Waals surface area contributed by atoms with Gasteiger partial charge in [0, 0.05) is 17.2 Å². The number of methoxy groups -OCH3 is 1. The van der Waals surface area contributed by atoms with Crippen LogP contribution in [-0.4, -0.2) is 32.0 Å². The molecule has 0 saturated heterocycles. The maximum Gasteiger partial charge on any atom is 0.162 e. The summed E-state index contributed by atoms with van der Waals surface area (Å²) in [6.45, 7) is 5.44. The van der Waals surface area contributed by atoms with Crippen LogP contribution in [0.15, 0.2) is 76.7 Å². The number of anilines is 1. The molecule has 0 fully saturated rings. The molecule has 0 aromatic heterocycles. The van der Waals surface area contributed by atoms with Gasteiger partial charge in [0.2, 0.25) is 0 Å². The lowest BCUT2D eigenvalue weighted by molar-refractivity contribution is 0.309. The van der Waals surface area contributed by atoms with Gasteiger partial charge in [0.1, 0.15) is 23.1 Å². The van der Waals surface area contributed by atoms with Crippen LogP contribution in [0.25, 0.3) is 0 Å². The molecule has 0 unspecified atom stereocenters. The number of rotatable bonds is 9. The lowest BCUT2D eigenvalue weighted by atomic mass is 10.1. The van der Waals surface area contributed by atoms with Crippen molar-refractivity contribution >= 4 is 23.0 Å². The number of ether oxygens (including phenoxy) is 3. The van der Waals surface area contributed by atoms with E-state index in [1.165, 1.54) is 0 Å². The Bertz CT molecular complexity index is 1140. The van der Waals surface area contributed by atoms with E-state index in [0.717, 1.165) is 59.2 Å². The molecule has 1 heterocycles. The summed E-state index contributed by atoms with van der Waals surface area (Å²) in [5, 5.41) is 3.46. The van der Waals surface area contributed by atoms with Crippen LogP contribution < -0.4 is 19.5 Å². The molecule has 0 spiro atoms. The first kappa shape index (κ1) is 22.4. The fourth-order valence-corrected chi connectivity index (χ4v) is 3.42. The Morgan fingerprint density at radius 1 is 0.758 bits per heavy atom. The van der Waals surface area contributed by atoms with E-state index in [9.17, 15) is 0 Å². The number of fused-ring (bicyclic) bond motifs is 1. The van der Waals surface area contributed by atoms with Gasteiger partial charge in [-0.25, -0.2) is 9.98 Å². The summed E-state index contributed by atoms with van der Waals surface area (Å²) >= 11 is 0. The SMILES string of the molecule is CCCCOc1ccc(C2=NC(c3ccc(OC)cc3)=Nc3ccc(OCC)cc3N2)cc1. The average molecular weight is 444 g/mol. The number of unbranched alkanes of at least 4 members (excludes halogenated alkanes) is 1. The lowest BCUT2D eigenvalue weighted by Gasteiger charge is -2.12. The zero-order valence-electron chi connectivity index (χ0n) is 19.3. The zero-order chi connectivity index (χ0) is 23.0. The number of hydrogen-bond donors (Lipinski definition) is 1. The molecule has 3 aromatic carbocycles. The molecule has 6 nitrogen and oxygen atoms in total. The first-order valence-electron chi connectivity index (χ1n) is 11.3. The Morgan fingerprint density at radius 2 is 1.45 bits per heavy atom. The van der Waals surface area contributed by atoms with Crippen molar-refractivity contribution in [1.29, 1.82) is 0 Å². The Kier molecular flexibility index (Phi) is 7.25. The van der Waals surface area contributed by atoms with E-state index < -0.39 is 0 Å². The molecular weight excluding hydrogens is 414 g/mol. The second-order valence-corrected chi connectivity index (χ2v) is 7.59. The summed E-state index contributed by atoms with van der Waals surface area (Å²) in [5.41, 5.74) is 3.47. The van der Waals surface area contributed by atoms with Gasteiger partial charge >= 0.3 is 0 Å². The number of hydrogen-bond acceptors (Lipinski definition) is 6. The Balaban J connectivity index is 1.71. The van der Waals surface area contributed by atoms with Gasteiger partial charge in [-0.15, -0.1) is 0 Å². The highest BCUT2D eigenvalue weighted by atomic mass is 16.5. The minimum absolute atomic E-state index is 0.597. The van der Waals surface area contributed by atoms with Gasteiger partial charge in [0.15, 0.2) is 5.84 Å². The van der Waals surface area contributed by atoms with Crippen LogP contribution in [-0.2, 0) is 0 Å². The molecular formula is C27H29N3O3. The van der Waals surface area contributed by atoms with Crippen molar-refractivity contribution in [2.75, 3.05) is 25.6 Å². The normalized spacial score (nSPS) is 12.6. The van der Waals surface area contributed by atoms with E-state index in [1.807, 2.05) is 73.7 Å². The molecule has 170 valence electrons. The quantitative estimate of drug-likeness (QED) is 0.399. The van der Waals surface area contributed by atoms with Gasteiger partial charge in [-0.2, -0.15) is 0 Å². The smallest absolute Gasteiger partial charge is 0.162 e. The Labute approximate surface area is 195 Å². The van der Waals surface area contributed by atoms with E-state index >= 15 is 0 Å². The highest BCUT2D eigenvalue weighted by molar-refractivity contribution is 6.19. The van der Waals surface area contributed by atoms with Crippen LogP contribution in [0.2, 0.25) is 0 Å². The minimum atomic E-state index is 0.597. The fraction of sp³-hybridized carbons (Fsp3) is 0.259. The number of benzene rings is 3. The van der Waals surface area contributed by atoms with Gasteiger partial charge < -0.3 is 19.5 Å². The first-order chi connectivity index (χ1) is 16.2. The van der Waals surface area contributed by atoms with E-state index in [-0.39, 0.29) is 0 Å². The molecule has 0 bridgehead atoms. The summed E-state index contributed by atoms with van der Waals surface area (Å²) in [4.78, 5) is 9.75. The second-order valence-electron chi connectivity index (χ2n) is 7.59. The molecule has 0 saturated carbocycles. The molecule has 0 atom stereocenters. The Morgan fingerprint density at radius 3 is 2.15 bits per heavy atom. The lowest BCUT2D eigenvalue weighted by Crippen LogP contribution is -2.15. The summed E-state index contributed by atoms with van der Waals surface area (Å²) in [5.74, 6) is 3.74. The van der Waals surface area contributed by atoms with Crippen LogP contribution in [0.5, 0.6) is 17.2 Å². The highest BCUT2D eigenvalue weighted by Crippen LogP contribution is 2.33. The molecule has 6 heteroatoms. The molecule has 1 aliphatic rings. The highest BCUT2D eigenvalue weighted by Gasteiger charge is 2.16. The monoisotopic (exact) mass is 443 g/mol. The molecule has 1 aliphatic heterocycles. The zero-order valence-corrected chi connectivity index (χ0v) is 19.3. The molecule has 0 aliphatic carbocycles. The summed E-state index contributed by atoms with van der Waals surface area (Å²) in [6, 6.07) is 21.5. The molecule has 4 rings (SSSR count). The van der Waals surface area contributed by atoms with Gasteiger partial charge in [0.05, 0.1) is 31.7 Å². The third-order valence-electron chi connectivity index (χ3n) is 5.22. The minimum Gasteiger partial charge on any atom is -0.497 e. The van der Waals surface area contributed by atoms with Crippen molar-refractivity contribution in [2.45, 2.75) is 26.7 Å². The molecule has 0 radical (unpaired) electrons. The maximum absolute atomic E-state index is 5.81. The molecule has 1 N–H and O–H groups in total. The van der Waals surface area contributed by atoms with Gasteiger partial charge in [-0.1, -0.05) is 13.3 Å². The van der Waals surface area contributed by atoms with Crippen LogP contribution in [0.3, 0.4) is 0 Å². The topological polar surface area (TPSA) is 64.4 Å². The largest absolute Gasteiger partial charge is 0.497 e.